The van der Waals surface area contributed by atoms with Crippen LogP contribution in [0.3, 0.4) is 0 Å². The van der Waals surface area contributed by atoms with E-state index < -0.39 is 12.1 Å². The number of benzene rings is 2. The first kappa shape index (κ1) is 17.3. The van der Waals surface area contributed by atoms with Crippen molar-refractivity contribution >= 4 is 12.0 Å². The maximum atomic E-state index is 11.7. The molecule has 0 aliphatic carbocycles. The lowest BCUT2D eigenvalue weighted by Crippen LogP contribution is -2.46. The van der Waals surface area contributed by atoms with Gasteiger partial charge in [-0.25, -0.2) is 4.79 Å². The van der Waals surface area contributed by atoms with E-state index in [1.807, 2.05) is 42.5 Å². The molecule has 0 radical (unpaired) electrons. The van der Waals surface area contributed by atoms with Gasteiger partial charge in [-0.15, -0.1) is 0 Å². The van der Waals surface area contributed by atoms with Gasteiger partial charge in [0.15, 0.2) is 0 Å². The monoisotopic (exact) mass is 328 g/mol. The molecule has 3 N–H and O–H groups in total. The summed E-state index contributed by atoms with van der Waals surface area (Å²) >= 11 is 0. The number of hydrogen-bond acceptors (Lipinski definition) is 3. The van der Waals surface area contributed by atoms with Gasteiger partial charge >= 0.3 is 6.09 Å². The Morgan fingerprint density at radius 1 is 1.04 bits per heavy atom. The van der Waals surface area contributed by atoms with Gasteiger partial charge in [-0.05, 0) is 23.3 Å². The lowest BCUT2D eigenvalue weighted by molar-refractivity contribution is -0.122. The molecule has 0 bridgehead atoms. The maximum Gasteiger partial charge on any atom is 0.405 e. The normalized spacial score (nSPS) is 11.4. The summed E-state index contributed by atoms with van der Waals surface area (Å²) in [5, 5.41) is 13.5. The van der Waals surface area contributed by atoms with E-state index >= 15 is 0 Å². The number of nitrogens with one attached hydrogen (secondary N) is 2. The number of ether oxygens (including phenoxy) is 1. The van der Waals surface area contributed by atoms with Gasteiger partial charge in [-0.1, -0.05) is 42.5 Å². The number of carboxylic acid groups (broad SMARTS) is 1. The van der Waals surface area contributed by atoms with Gasteiger partial charge in [-0.3, -0.25) is 4.79 Å². The number of carbonyl (C=O) groups is 2. The Hall–Kier alpha value is -3.02. The van der Waals surface area contributed by atoms with Gasteiger partial charge in [-0.2, -0.15) is 0 Å². The van der Waals surface area contributed by atoms with Crippen molar-refractivity contribution in [2.75, 3.05) is 7.05 Å². The largest absolute Gasteiger partial charge is 0.489 e. The highest BCUT2D eigenvalue weighted by Gasteiger charge is 2.19. The topological polar surface area (TPSA) is 87.7 Å². The third-order valence-electron chi connectivity index (χ3n) is 3.47. The molecule has 0 aliphatic heterocycles. The van der Waals surface area contributed by atoms with Crippen LogP contribution in [0.2, 0.25) is 0 Å². The average molecular weight is 328 g/mol. The maximum absolute atomic E-state index is 11.7. The van der Waals surface area contributed by atoms with Crippen LogP contribution in [0.4, 0.5) is 4.79 Å². The van der Waals surface area contributed by atoms with Crippen LogP contribution in [-0.2, 0) is 17.8 Å². The van der Waals surface area contributed by atoms with Crippen molar-refractivity contribution in [2.24, 2.45) is 0 Å². The van der Waals surface area contributed by atoms with Crippen LogP contribution in [0.25, 0.3) is 0 Å². The van der Waals surface area contributed by atoms with Gasteiger partial charge in [0.1, 0.15) is 18.4 Å². The van der Waals surface area contributed by atoms with E-state index in [1.165, 1.54) is 7.05 Å². The highest BCUT2D eigenvalue weighted by atomic mass is 16.5. The number of likely N-dealkylation sites (N-methyl/N-ethyl adjacent to an activating group) is 1. The second-order valence-electron chi connectivity index (χ2n) is 5.24. The van der Waals surface area contributed by atoms with E-state index in [9.17, 15) is 9.59 Å². The molecule has 1 unspecified atom stereocenters. The van der Waals surface area contributed by atoms with E-state index in [4.69, 9.17) is 9.84 Å². The van der Waals surface area contributed by atoms with E-state index in [1.54, 1.807) is 12.1 Å². The van der Waals surface area contributed by atoms with E-state index in [0.717, 1.165) is 11.1 Å². The molecule has 2 rings (SSSR count). The van der Waals surface area contributed by atoms with Crippen molar-refractivity contribution in [3.8, 4) is 5.75 Å². The zero-order valence-corrected chi connectivity index (χ0v) is 13.4. The van der Waals surface area contributed by atoms with E-state index in [2.05, 4.69) is 10.6 Å². The van der Waals surface area contributed by atoms with Crippen molar-refractivity contribution in [3.63, 3.8) is 0 Å². The predicted molar refractivity (Wildman–Crippen MR) is 89.9 cm³/mol. The van der Waals surface area contributed by atoms with Crippen LogP contribution in [0, 0.1) is 0 Å². The standard InChI is InChI=1S/C18H20N2O4/c1-19-17(21)16(20-18(22)23)11-13-7-9-15(10-8-13)24-12-14-5-3-2-4-6-14/h2-10,16,20H,11-12H2,1H3,(H,19,21)(H,22,23). The molecular formula is C18H20N2O4. The Labute approximate surface area is 140 Å². The molecule has 6 heteroatoms. The molecule has 2 aromatic rings. The average Bonchev–Trinajstić information content (AvgIpc) is 2.60. The second-order valence-corrected chi connectivity index (χ2v) is 5.24. The van der Waals surface area contributed by atoms with Crippen LogP contribution >= 0.6 is 0 Å². The van der Waals surface area contributed by atoms with Crippen LogP contribution < -0.4 is 15.4 Å². The zero-order valence-electron chi connectivity index (χ0n) is 13.4. The molecule has 2 aromatic carbocycles. The molecule has 2 amide bonds. The lowest BCUT2D eigenvalue weighted by Gasteiger charge is -2.15. The molecule has 0 aliphatic rings. The molecule has 0 saturated heterocycles. The van der Waals surface area contributed by atoms with Crippen molar-refractivity contribution in [2.45, 2.75) is 19.1 Å². The van der Waals surface area contributed by atoms with E-state index in [0.29, 0.717) is 12.4 Å². The molecule has 0 saturated carbocycles. The van der Waals surface area contributed by atoms with Crippen LogP contribution in [0.1, 0.15) is 11.1 Å². The smallest absolute Gasteiger partial charge is 0.405 e. The van der Waals surface area contributed by atoms with Crippen molar-refractivity contribution < 1.29 is 19.4 Å². The fraction of sp³-hybridized carbons (Fsp3) is 0.222. The number of rotatable bonds is 7. The van der Waals surface area contributed by atoms with Gasteiger partial charge in [0.25, 0.3) is 0 Å². The summed E-state index contributed by atoms with van der Waals surface area (Å²) in [6, 6.07) is 16.3. The quantitative estimate of drug-likeness (QED) is 0.727. The van der Waals surface area contributed by atoms with Crippen molar-refractivity contribution in [1.29, 1.82) is 0 Å². The minimum absolute atomic E-state index is 0.269. The highest BCUT2D eigenvalue weighted by molar-refractivity contribution is 5.85. The summed E-state index contributed by atoms with van der Waals surface area (Å²) in [5.41, 5.74) is 1.91. The Kier molecular flexibility index (Phi) is 6.19. The SMILES string of the molecule is CNC(=O)C(Cc1ccc(OCc2ccccc2)cc1)NC(=O)O. The summed E-state index contributed by atoms with van der Waals surface area (Å²) in [4.78, 5) is 22.5. The molecular weight excluding hydrogens is 308 g/mol. The second kappa shape index (κ2) is 8.57. The van der Waals surface area contributed by atoms with Gasteiger partial charge in [0.05, 0.1) is 0 Å². The number of hydrogen-bond donors (Lipinski definition) is 3. The van der Waals surface area contributed by atoms with Crippen LogP contribution in [0.5, 0.6) is 5.75 Å². The molecule has 126 valence electrons. The predicted octanol–water partition coefficient (Wildman–Crippen LogP) is 2.19. The number of amides is 2. The summed E-state index contributed by atoms with van der Waals surface area (Å²) in [6.07, 6.45) is -0.961. The molecule has 0 heterocycles. The first-order valence-electron chi connectivity index (χ1n) is 7.55. The van der Waals surface area contributed by atoms with Gasteiger partial charge in [0.2, 0.25) is 5.91 Å². The first-order chi connectivity index (χ1) is 11.6. The minimum atomic E-state index is -1.23. The van der Waals surface area contributed by atoms with Crippen LogP contribution in [-0.4, -0.2) is 30.2 Å². The fourth-order valence-electron chi connectivity index (χ4n) is 2.23. The van der Waals surface area contributed by atoms with E-state index in [-0.39, 0.29) is 12.3 Å². The van der Waals surface area contributed by atoms with Crippen LogP contribution in [0.15, 0.2) is 54.6 Å². The lowest BCUT2D eigenvalue weighted by atomic mass is 10.1. The molecule has 1 atom stereocenters. The minimum Gasteiger partial charge on any atom is -0.489 e. The summed E-state index contributed by atoms with van der Waals surface area (Å²) in [5.74, 6) is 0.340. The molecule has 24 heavy (non-hydrogen) atoms. The summed E-state index contributed by atoms with van der Waals surface area (Å²) in [6.45, 7) is 0.474. The van der Waals surface area contributed by atoms with Gasteiger partial charge < -0.3 is 20.5 Å². The fourth-order valence-corrected chi connectivity index (χ4v) is 2.23. The molecule has 0 aromatic heterocycles. The summed E-state index contributed by atoms with van der Waals surface area (Å²) in [7, 11) is 1.47. The molecule has 6 nitrogen and oxygen atoms in total. The Bertz CT molecular complexity index is 671. The number of carbonyl (C=O) groups excluding carboxylic acids is 1. The van der Waals surface area contributed by atoms with Crippen molar-refractivity contribution in [1.82, 2.24) is 10.6 Å². The Balaban J connectivity index is 1.95. The molecule has 0 spiro atoms. The van der Waals surface area contributed by atoms with Gasteiger partial charge in [0, 0.05) is 13.5 Å². The first-order valence-corrected chi connectivity index (χ1v) is 7.55. The summed E-state index contributed by atoms with van der Waals surface area (Å²) < 4.78 is 5.70. The highest BCUT2D eigenvalue weighted by Crippen LogP contribution is 2.15. The zero-order chi connectivity index (χ0) is 17.4. The third kappa shape index (κ3) is 5.31. The Morgan fingerprint density at radius 3 is 2.29 bits per heavy atom. The third-order valence-corrected chi connectivity index (χ3v) is 3.47. The van der Waals surface area contributed by atoms with Crippen molar-refractivity contribution in [3.05, 3.63) is 65.7 Å². The Morgan fingerprint density at radius 2 is 1.71 bits per heavy atom. The molecule has 0 fully saturated rings.